The predicted octanol–water partition coefficient (Wildman–Crippen LogP) is 2.94. The van der Waals surface area contributed by atoms with Crippen LogP contribution in [0.4, 0.5) is 4.39 Å². The fourth-order valence-electron chi connectivity index (χ4n) is 1.48. The summed E-state index contributed by atoms with van der Waals surface area (Å²) in [5.41, 5.74) is 0.740. The topological polar surface area (TPSA) is 35.5 Å². The normalized spacial score (nSPS) is 12.1. The average Bonchev–Trinajstić information content (AvgIpc) is 2.26. The fourth-order valence-corrected chi connectivity index (χ4v) is 1.48. The molecule has 0 spiro atoms. The summed E-state index contributed by atoms with van der Waals surface area (Å²) in [5.74, 6) is 0.534. The molecular formula is C12H15FO3. The van der Waals surface area contributed by atoms with E-state index in [0.29, 0.717) is 22.6 Å². The first-order chi connectivity index (χ1) is 7.51. The molecule has 1 aromatic rings. The number of carbonyl (C=O) groups excluding carboxylic acids is 1. The second-order valence-corrected chi connectivity index (χ2v) is 3.48. The van der Waals surface area contributed by atoms with Gasteiger partial charge in [0, 0.05) is 0 Å². The minimum absolute atomic E-state index is 0.183. The third kappa shape index (κ3) is 2.32. The number of carbonyl (C=O) groups is 1. The highest BCUT2D eigenvalue weighted by Crippen LogP contribution is 2.35. The van der Waals surface area contributed by atoms with E-state index in [0.717, 1.165) is 0 Å². The highest BCUT2D eigenvalue weighted by molar-refractivity contribution is 5.98. The Bertz CT molecular complexity index is 399. The van der Waals surface area contributed by atoms with Gasteiger partial charge in [-0.15, -0.1) is 0 Å². The third-order valence-corrected chi connectivity index (χ3v) is 2.34. The molecule has 0 saturated heterocycles. The van der Waals surface area contributed by atoms with Crippen LogP contribution in [-0.4, -0.2) is 20.0 Å². The third-order valence-electron chi connectivity index (χ3n) is 2.34. The van der Waals surface area contributed by atoms with Crippen LogP contribution in [0.1, 0.15) is 35.9 Å². The minimum Gasteiger partial charge on any atom is -0.493 e. The number of Topliss-reactive ketones (excluding diaryl/α,β-unsaturated/α-hetero) is 1. The highest BCUT2D eigenvalue weighted by Gasteiger charge is 2.17. The summed E-state index contributed by atoms with van der Waals surface area (Å²) >= 11 is 0. The molecule has 0 bridgehead atoms. The lowest BCUT2D eigenvalue weighted by molar-refractivity contribution is 0.101. The largest absolute Gasteiger partial charge is 0.493 e. The summed E-state index contributed by atoms with van der Waals surface area (Å²) in [7, 11) is 2.90. The average molecular weight is 226 g/mol. The van der Waals surface area contributed by atoms with Gasteiger partial charge in [0.25, 0.3) is 0 Å². The van der Waals surface area contributed by atoms with Gasteiger partial charge in [0.2, 0.25) is 0 Å². The van der Waals surface area contributed by atoms with Crippen molar-refractivity contribution < 1.29 is 18.7 Å². The Morgan fingerprint density at radius 1 is 1.31 bits per heavy atom. The van der Waals surface area contributed by atoms with E-state index in [4.69, 9.17) is 9.47 Å². The summed E-state index contributed by atoms with van der Waals surface area (Å²) in [6, 6.07) is 3.03. The Kier molecular flexibility index (Phi) is 3.88. The smallest absolute Gasteiger partial charge is 0.171 e. The Morgan fingerprint density at radius 3 is 2.31 bits per heavy atom. The van der Waals surface area contributed by atoms with Gasteiger partial charge in [-0.2, -0.15) is 0 Å². The highest BCUT2D eigenvalue weighted by atomic mass is 19.1. The van der Waals surface area contributed by atoms with E-state index in [2.05, 4.69) is 0 Å². The van der Waals surface area contributed by atoms with Crippen molar-refractivity contribution in [1.29, 1.82) is 0 Å². The van der Waals surface area contributed by atoms with Crippen LogP contribution >= 0.6 is 0 Å². The van der Waals surface area contributed by atoms with Crippen molar-refractivity contribution in [3.8, 4) is 11.5 Å². The summed E-state index contributed by atoms with van der Waals surface area (Å²) in [6.07, 6.45) is -1.15. The second-order valence-electron chi connectivity index (χ2n) is 3.48. The molecule has 0 radical (unpaired) electrons. The fraction of sp³-hybridized carbons (Fsp3) is 0.417. The molecule has 1 atom stereocenters. The van der Waals surface area contributed by atoms with E-state index in [9.17, 15) is 9.18 Å². The maximum absolute atomic E-state index is 13.2. The first-order valence-corrected chi connectivity index (χ1v) is 4.92. The molecule has 4 heteroatoms. The zero-order valence-corrected chi connectivity index (χ0v) is 9.83. The van der Waals surface area contributed by atoms with Crippen molar-refractivity contribution in [2.75, 3.05) is 14.2 Å². The molecule has 1 rings (SSSR count). The lowest BCUT2D eigenvalue weighted by Crippen LogP contribution is -2.02. The van der Waals surface area contributed by atoms with Crippen molar-refractivity contribution in [3.05, 3.63) is 23.3 Å². The molecule has 16 heavy (non-hydrogen) atoms. The number of alkyl halides is 1. The van der Waals surface area contributed by atoms with Gasteiger partial charge < -0.3 is 9.47 Å². The lowest BCUT2D eigenvalue weighted by Gasteiger charge is -2.14. The first-order valence-electron chi connectivity index (χ1n) is 4.92. The van der Waals surface area contributed by atoms with Gasteiger partial charge in [0.1, 0.15) is 6.17 Å². The van der Waals surface area contributed by atoms with E-state index in [-0.39, 0.29) is 5.78 Å². The van der Waals surface area contributed by atoms with Crippen molar-refractivity contribution in [2.45, 2.75) is 20.0 Å². The van der Waals surface area contributed by atoms with Gasteiger partial charge in [0.05, 0.1) is 19.8 Å². The zero-order valence-electron chi connectivity index (χ0n) is 9.83. The van der Waals surface area contributed by atoms with E-state index < -0.39 is 6.17 Å². The van der Waals surface area contributed by atoms with Crippen molar-refractivity contribution in [2.24, 2.45) is 0 Å². The van der Waals surface area contributed by atoms with E-state index in [1.807, 2.05) is 0 Å². The number of ketones is 1. The molecule has 0 N–H and O–H groups in total. The number of methoxy groups -OCH3 is 2. The molecule has 88 valence electrons. The molecule has 0 aliphatic heterocycles. The van der Waals surface area contributed by atoms with Gasteiger partial charge in [-0.05, 0) is 31.5 Å². The number of rotatable bonds is 4. The molecule has 0 aromatic heterocycles. The van der Waals surface area contributed by atoms with Crippen LogP contribution in [-0.2, 0) is 0 Å². The number of halogens is 1. The SMILES string of the molecule is COc1cc(C(C)F)cc(C(C)=O)c1OC. The summed E-state index contributed by atoms with van der Waals surface area (Å²) in [4.78, 5) is 11.4. The van der Waals surface area contributed by atoms with Crippen molar-refractivity contribution in [1.82, 2.24) is 0 Å². The lowest BCUT2D eigenvalue weighted by atomic mass is 10.0. The Balaban J connectivity index is 3.43. The monoisotopic (exact) mass is 226 g/mol. The van der Waals surface area contributed by atoms with Gasteiger partial charge in [0.15, 0.2) is 17.3 Å². The van der Waals surface area contributed by atoms with Crippen molar-refractivity contribution >= 4 is 5.78 Å². The molecular weight excluding hydrogens is 211 g/mol. The van der Waals surface area contributed by atoms with Crippen LogP contribution in [0, 0.1) is 0 Å². The number of hydrogen-bond donors (Lipinski definition) is 0. The van der Waals surface area contributed by atoms with Crippen LogP contribution in [0.15, 0.2) is 12.1 Å². The molecule has 0 saturated carbocycles. The Morgan fingerprint density at radius 2 is 1.94 bits per heavy atom. The molecule has 1 aromatic carbocycles. The molecule has 0 fully saturated rings. The Labute approximate surface area is 94.2 Å². The van der Waals surface area contributed by atoms with Crippen LogP contribution in [0.2, 0.25) is 0 Å². The number of benzene rings is 1. The summed E-state index contributed by atoms with van der Waals surface area (Å²) < 4.78 is 23.4. The number of ether oxygens (including phenoxy) is 2. The van der Waals surface area contributed by atoms with E-state index >= 15 is 0 Å². The minimum atomic E-state index is -1.15. The van der Waals surface area contributed by atoms with E-state index in [1.165, 1.54) is 40.2 Å². The molecule has 1 unspecified atom stereocenters. The van der Waals surface area contributed by atoms with Crippen LogP contribution in [0.3, 0.4) is 0 Å². The molecule has 3 nitrogen and oxygen atoms in total. The van der Waals surface area contributed by atoms with Crippen LogP contribution in [0.25, 0.3) is 0 Å². The van der Waals surface area contributed by atoms with E-state index in [1.54, 1.807) is 0 Å². The van der Waals surface area contributed by atoms with Gasteiger partial charge >= 0.3 is 0 Å². The zero-order chi connectivity index (χ0) is 12.3. The molecule has 0 aliphatic rings. The molecule has 0 aliphatic carbocycles. The molecule has 0 heterocycles. The summed E-state index contributed by atoms with van der Waals surface area (Å²) in [5, 5.41) is 0. The standard InChI is InChI=1S/C12H15FO3/c1-7(13)9-5-10(8(2)14)12(16-4)11(6-9)15-3/h5-7H,1-4H3. The van der Waals surface area contributed by atoms with Gasteiger partial charge in [-0.25, -0.2) is 4.39 Å². The van der Waals surface area contributed by atoms with Crippen LogP contribution in [0.5, 0.6) is 11.5 Å². The second kappa shape index (κ2) is 4.96. The van der Waals surface area contributed by atoms with Gasteiger partial charge in [-0.3, -0.25) is 4.79 Å². The first kappa shape index (κ1) is 12.5. The maximum Gasteiger partial charge on any atom is 0.171 e. The maximum atomic E-state index is 13.2. The Hall–Kier alpha value is -1.58. The quantitative estimate of drug-likeness (QED) is 0.740. The molecule has 0 amide bonds. The van der Waals surface area contributed by atoms with Gasteiger partial charge in [-0.1, -0.05) is 0 Å². The number of hydrogen-bond acceptors (Lipinski definition) is 3. The summed E-state index contributed by atoms with van der Waals surface area (Å²) in [6.45, 7) is 2.81. The van der Waals surface area contributed by atoms with Crippen molar-refractivity contribution in [3.63, 3.8) is 0 Å². The predicted molar refractivity (Wildman–Crippen MR) is 59.1 cm³/mol. The van der Waals surface area contributed by atoms with Crippen LogP contribution < -0.4 is 9.47 Å².